The van der Waals surface area contributed by atoms with E-state index in [0.717, 1.165) is 37.3 Å². The van der Waals surface area contributed by atoms with Gasteiger partial charge in [-0.2, -0.15) is 0 Å². The molecule has 1 fully saturated rings. The number of rotatable bonds is 4. The second-order valence-electron chi connectivity index (χ2n) is 7.13. The molecule has 3 aromatic rings. The molecule has 0 bridgehead atoms. The van der Waals surface area contributed by atoms with Crippen molar-refractivity contribution >= 4 is 5.82 Å². The van der Waals surface area contributed by atoms with Crippen LogP contribution < -0.4 is 16.0 Å². The lowest BCUT2D eigenvalue weighted by Gasteiger charge is -2.32. The summed E-state index contributed by atoms with van der Waals surface area (Å²) in [6, 6.07) is 6.83. The van der Waals surface area contributed by atoms with Crippen LogP contribution in [0.1, 0.15) is 12.8 Å². The zero-order valence-corrected chi connectivity index (χ0v) is 15.7. The molecule has 144 valence electrons. The van der Waals surface area contributed by atoms with Gasteiger partial charge in [0.15, 0.2) is 0 Å². The quantitative estimate of drug-likeness (QED) is 0.681. The Kier molecular flexibility index (Phi) is 5.01. The molecule has 0 saturated carbocycles. The molecule has 1 aliphatic rings. The summed E-state index contributed by atoms with van der Waals surface area (Å²) in [7, 11) is 1.69. The molecule has 0 amide bonds. The lowest BCUT2D eigenvalue weighted by Crippen LogP contribution is -2.37. The summed E-state index contributed by atoms with van der Waals surface area (Å²) in [5, 5.41) is 0. The number of aromatic nitrogens is 5. The van der Waals surface area contributed by atoms with E-state index in [9.17, 15) is 9.59 Å². The van der Waals surface area contributed by atoms with Crippen LogP contribution in [0.4, 0.5) is 5.82 Å². The van der Waals surface area contributed by atoms with Gasteiger partial charge in [0, 0.05) is 56.8 Å². The van der Waals surface area contributed by atoms with Gasteiger partial charge in [0.2, 0.25) is 0 Å². The standard InChI is InChI=1S/C20H22N6O2/c1-24-13-23-18(11-19(24)27)25-8-4-15(5-9-25)12-26-14-22-17(10-20(26)28)16-2-6-21-7-3-16/h2-3,6-7,10-11,13-15H,4-5,8-9,12H2,1H3. The fourth-order valence-electron chi connectivity index (χ4n) is 3.49. The Labute approximate surface area is 162 Å². The third kappa shape index (κ3) is 3.85. The first kappa shape index (κ1) is 18.1. The first-order valence-corrected chi connectivity index (χ1v) is 9.34. The lowest BCUT2D eigenvalue weighted by atomic mass is 9.96. The topological polar surface area (TPSA) is 85.9 Å². The molecule has 0 aliphatic carbocycles. The van der Waals surface area contributed by atoms with Gasteiger partial charge in [-0.05, 0) is 30.9 Å². The smallest absolute Gasteiger partial charge is 0.255 e. The minimum absolute atomic E-state index is 0.0440. The molecule has 0 atom stereocenters. The number of piperidine rings is 1. The van der Waals surface area contributed by atoms with Gasteiger partial charge in [0.05, 0.1) is 18.3 Å². The number of hydrogen-bond acceptors (Lipinski definition) is 6. The molecule has 0 N–H and O–H groups in total. The van der Waals surface area contributed by atoms with E-state index in [2.05, 4.69) is 19.9 Å². The van der Waals surface area contributed by atoms with Crippen LogP contribution in [0.15, 0.2) is 58.9 Å². The van der Waals surface area contributed by atoms with Crippen molar-refractivity contribution < 1.29 is 0 Å². The van der Waals surface area contributed by atoms with Crippen LogP contribution in [0, 0.1) is 5.92 Å². The third-order valence-electron chi connectivity index (χ3n) is 5.21. The van der Waals surface area contributed by atoms with E-state index in [4.69, 9.17) is 0 Å². The molecule has 28 heavy (non-hydrogen) atoms. The zero-order valence-electron chi connectivity index (χ0n) is 15.7. The van der Waals surface area contributed by atoms with E-state index < -0.39 is 0 Å². The Hall–Kier alpha value is -3.29. The summed E-state index contributed by atoms with van der Waals surface area (Å²) in [4.78, 5) is 39.2. The second kappa shape index (κ2) is 7.75. The highest BCUT2D eigenvalue weighted by molar-refractivity contribution is 5.57. The number of hydrogen-bond donors (Lipinski definition) is 0. The maximum atomic E-state index is 12.5. The van der Waals surface area contributed by atoms with Crippen molar-refractivity contribution in [3.8, 4) is 11.3 Å². The van der Waals surface area contributed by atoms with Crippen LogP contribution in [0.25, 0.3) is 11.3 Å². The Balaban J connectivity index is 1.40. The van der Waals surface area contributed by atoms with Crippen molar-refractivity contribution in [1.82, 2.24) is 24.1 Å². The van der Waals surface area contributed by atoms with Gasteiger partial charge in [-0.25, -0.2) is 9.97 Å². The van der Waals surface area contributed by atoms with Crippen molar-refractivity contribution in [2.45, 2.75) is 19.4 Å². The summed E-state index contributed by atoms with van der Waals surface area (Å²) in [5.41, 5.74) is 1.45. The molecule has 3 aromatic heterocycles. The third-order valence-corrected chi connectivity index (χ3v) is 5.21. The predicted molar refractivity (Wildman–Crippen MR) is 106 cm³/mol. The highest BCUT2D eigenvalue weighted by atomic mass is 16.1. The van der Waals surface area contributed by atoms with Crippen molar-refractivity contribution in [2.24, 2.45) is 13.0 Å². The first-order valence-electron chi connectivity index (χ1n) is 9.34. The van der Waals surface area contributed by atoms with Crippen molar-refractivity contribution in [3.05, 3.63) is 70.0 Å². The van der Waals surface area contributed by atoms with E-state index >= 15 is 0 Å². The maximum Gasteiger partial charge on any atom is 0.255 e. The molecule has 0 radical (unpaired) electrons. The molecule has 1 saturated heterocycles. The van der Waals surface area contributed by atoms with Gasteiger partial charge in [-0.1, -0.05) is 0 Å². The van der Waals surface area contributed by atoms with Gasteiger partial charge in [-0.3, -0.25) is 19.1 Å². The van der Waals surface area contributed by atoms with Gasteiger partial charge in [0.1, 0.15) is 5.82 Å². The van der Waals surface area contributed by atoms with Gasteiger partial charge < -0.3 is 9.47 Å². The van der Waals surface area contributed by atoms with E-state index in [-0.39, 0.29) is 11.1 Å². The average molecular weight is 378 g/mol. The Morgan fingerprint density at radius 3 is 2.43 bits per heavy atom. The molecule has 8 nitrogen and oxygen atoms in total. The number of nitrogens with zero attached hydrogens (tertiary/aromatic N) is 6. The van der Waals surface area contributed by atoms with Crippen molar-refractivity contribution in [1.29, 1.82) is 0 Å². The van der Waals surface area contributed by atoms with E-state index in [1.165, 1.54) is 4.57 Å². The fraction of sp³-hybridized carbons (Fsp3) is 0.350. The average Bonchev–Trinajstić information content (AvgIpc) is 2.73. The highest BCUT2D eigenvalue weighted by Gasteiger charge is 2.21. The molecule has 8 heteroatoms. The summed E-state index contributed by atoms with van der Waals surface area (Å²) in [6.45, 7) is 2.30. The molecule has 4 heterocycles. The van der Waals surface area contributed by atoms with Crippen molar-refractivity contribution in [2.75, 3.05) is 18.0 Å². The molecular formula is C20H22N6O2. The minimum Gasteiger partial charge on any atom is -0.356 e. The van der Waals surface area contributed by atoms with Crippen LogP contribution in [0.2, 0.25) is 0 Å². The maximum absolute atomic E-state index is 12.5. The van der Waals surface area contributed by atoms with Gasteiger partial charge in [-0.15, -0.1) is 0 Å². The SMILES string of the molecule is Cn1cnc(N2CCC(Cn3cnc(-c4ccncc4)cc3=O)CC2)cc1=O. The van der Waals surface area contributed by atoms with Gasteiger partial charge in [0.25, 0.3) is 11.1 Å². The van der Waals surface area contributed by atoms with E-state index in [1.54, 1.807) is 48.8 Å². The van der Waals surface area contributed by atoms with E-state index in [1.807, 2.05) is 12.1 Å². The molecule has 0 aromatic carbocycles. The minimum atomic E-state index is -0.0564. The predicted octanol–water partition coefficient (Wildman–Crippen LogP) is 1.32. The molecule has 1 aliphatic heterocycles. The zero-order chi connectivity index (χ0) is 19.5. The van der Waals surface area contributed by atoms with E-state index in [0.29, 0.717) is 18.2 Å². The second-order valence-corrected chi connectivity index (χ2v) is 7.13. The highest BCUT2D eigenvalue weighted by Crippen LogP contribution is 2.22. The summed E-state index contributed by atoms with van der Waals surface area (Å²) in [5.74, 6) is 1.12. The molecule has 0 unspecified atom stereocenters. The lowest BCUT2D eigenvalue weighted by molar-refractivity contribution is 0.350. The monoisotopic (exact) mass is 378 g/mol. The summed E-state index contributed by atoms with van der Waals surface area (Å²) >= 11 is 0. The summed E-state index contributed by atoms with van der Waals surface area (Å²) < 4.78 is 3.15. The van der Waals surface area contributed by atoms with Crippen LogP contribution in [-0.2, 0) is 13.6 Å². The fourth-order valence-corrected chi connectivity index (χ4v) is 3.49. The molecule has 4 rings (SSSR count). The largest absolute Gasteiger partial charge is 0.356 e. The number of anilines is 1. The Morgan fingerprint density at radius 2 is 1.75 bits per heavy atom. The normalized spacial score (nSPS) is 15.0. The van der Waals surface area contributed by atoms with Crippen LogP contribution in [0.5, 0.6) is 0 Å². The van der Waals surface area contributed by atoms with Crippen LogP contribution in [0.3, 0.4) is 0 Å². The Bertz CT molecular complexity index is 1070. The van der Waals surface area contributed by atoms with Crippen LogP contribution in [-0.4, -0.2) is 37.2 Å². The molecule has 0 spiro atoms. The van der Waals surface area contributed by atoms with Crippen LogP contribution >= 0.6 is 0 Å². The number of pyridine rings is 1. The Morgan fingerprint density at radius 1 is 1.00 bits per heavy atom. The summed E-state index contributed by atoms with van der Waals surface area (Å²) in [6.07, 6.45) is 8.44. The van der Waals surface area contributed by atoms with Gasteiger partial charge >= 0.3 is 0 Å². The first-order chi connectivity index (χ1) is 13.6. The molecular weight excluding hydrogens is 356 g/mol. The number of aryl methyl sites for hydroxylation is 1. The van der Waals surface area contributed by atoms with Crippen molar-refractivity contribution in [3.63, 3.8) is 0 Å².